The molecule has 4 nitrogen and oxygen atoms in total. The Bertz CT molecular complexity index is 842. The number of thiazole rings is 1. The molecule has 0 unspecified atom stereocenters. The highest BCUT2D eigenvalue weighted by molar-refractivity contribution is 7.22. The van der Waals surface area contributed by atoms with Crippen molar-refractivity contribution in [3.05, 3.63) is 41.5 Å². The Balaban J connectivity index is 1.47. The lowest BCUT2D eigenvalue weighted by molar-refractivity contribution is 0.353. The second-order valence-electron chi connectivity index (χ2n) is 6.47. The molecule has 0 radical (unpaired) electrons. The van der Waals surface area contributed by atoms with Crippen molar-refractivity contribution in [3.63, 3.8) is 0 Å². The number of nitrogens with zero attached hydrogens (tertiary/aromatic N) is 4. The van der Waals surface area contributed by atoms with Gasteiger partial charge in [0.15, 0.2) is 5.13 Å². The number of imidazole rings is 1. The molecule has 0 aliphatic carbocycles. The summed E-state index contributed by atoms with van der Waals surface area (Å²) in [7, 11) is 0. The van der Waals surface area contributed by atoms with E-state index in [1.54, 1.807) is 0 Å². The Kier molecular flexibility index (Phi) is 3.60. The average Bonchev–Trinajstić information content (AvgIpc) is 3.12. The van der Waals surface area contributed by atoms with Crippen LogP contribution < -0.4 is 4.90 Å². The molecule has 0 amide bonds. The highest BCUT2D eigenvalue weighted by Crippen LogP contribution is 2.35. The highest BCUT2D eigenvalue weighted by Gasteiger charge is 2.29. The van der Waals surface area contributed by atoms with Gasteiger partial charge in [0, 0.05) is 44.4 Å². The van der Waals surface area contributed by atoms with E-state index >= 15 is 0 Å². The fourth-order valence-corrected chi connectivity index (χ4v) is 4.33. The molecule has 0 saturated carbocycles. The van der Waals surface area contributed by atoms with Gasteiger partial charge in [-0.15, -0.1) is 0 Å². The van der Waals surface area contributed by atoms with Gasteiger partial charge in [-0.05, 0) is 31.0 Å². The third kappa shape index (κ3) is 2.53. The summed E-state index contributed by atoms with van der Waals surface area (Å²) in [5.74, 6) is 1.89. The van der Waals surface area contributed by atoms with Gasteiger partial charge >= 0.3 is 0 Å². The van der Waals surface area contributed by atoms with Gasteiger partial charge in [-0.25, -0.2) is 9.97 Å². The zero-order valence-electron chi connectivity index (χ0n) is 13.9. The van der Waals surface area contributed by atoms with E-state index in [-0.39, 0.29) is 0 Å². The van der Waals surface area contributed by atoms with E-state index in [1.807, 2.05) is 17.5 Å². The molecule has 0 bridgehead atoms. The lowest BCUT2D eigenvalue weighted by Gasteiger charge is -2.39. The van der Waals surface area contributed by atoms with Gasteiger partial charge in [0.2, 0.25) is 0 Å². The first kappa shape index (κ1) is 14.7. The average molecular weight is 326 g/mol. The number of fused-ring (bicyclic) bond motifs is 1. The van der Waals surface area contributed by atoms with Gasteiger partial charge in [-0.3, -0.25) is 0 Å². The number of hydrogen-bond donors (Lipinski definition) is 0. The van der Waals surface area contributed by atoms with E-state index in [1.165, 1.54) is 32.3 Å². The first-order valence-electron chi connectivity index (χ1n) is 8.27. The molecule has 0 spiro atoms. The summed E-state index contributed by atoms with van der Waals surface area (Å²) < 4.78 is 3.60. The van der Waals surface area contributed by atoms with E-state index in [0.29, 0.717) is 5.92 Å². The highest BCUT2D eigenvalue weighted by atomic mass is 32.1. The van der Waals surface area contributed by atoms with Gasteiger partial charge in [0.25, 0.3) is 0 Å². The predicted octanol–water partition coefficient (Wildman–Crippen LogP) is 3.81. The Morgan fingerprint density at radius 1 is 1.26 bits per heavy atom. The van der Waals surface area contributed by atoms with Crippen LogP contribution in [0.5, 0.6) is 0 Å². The summed E-state index contributed by atoms with van der Waals surface area (Å²) in [4.78, 5) is 11.7. The molecule has 5 heteroatoms. The maximum absolute atomic E-state index is 4.89. The van der Waals surface area contributed by atoms with Gasteiger partial charge in [-0.1, -0.05) is 24.3 Å². The van der Waals surface area contributed by atoms with E-state index in [0.717, 1.165) is 26.1 Å². The van der Waals surface area contributed by atoms with Crippen molar-refractivity contribution in [1.29, 1.82) is 0 Å². The second kappa shape index (κ2) is 5.64. The number of benzene rings is 1. The molecule has 3 aromatic rings. The fourth-order valence-electron chi connectivity index (χ4n) is 3.29. The van der Waals surface area contributed by atoms with Gasteiger partial charge in [0.05, 0.1) is 10.2 Å². The first-order valence-corrected chi connectivity index (χ1v) is 9.09. The van der Waals surface area contributed by atoms with E-state index in [2.05, 4.69) is 53.6 Å². The van der Waals surface area contributed by atoms with Crippen molar-refractivity contribution >= 4 is 26.7 Å². The van der Waals surface area contributed by atoms with E-state index in [9.17, 15) is 0 Å². The minimum atomic E-state index is 0.698. The molecule has 23 heavy (non-hydrogen) atoms. The van der Waals surface area contributed by atoms with Crippen molar-refractivity contribution in [1.82, 2.24) is 14.5 Å². The maximum Gasteiger partial charge on any atom is 0.186 e. The molecule has 2 aromatic heterocycles. The lowest BCUT2D eigenvalue weighted by Crippen LogP contribution is -2.48. The van der Waals surface area contributed by atoms with Crippen LogP contribution in [-0.4, -0.2) is 27.6 Å². The molecule has 1 fully saturated rings. The Morgan fingerprint density at radius 2 is 2.09 bits per heavy atom. The summed E-state index contributed by atoms with van der Waals surface area (Å²) in [5.41, 5.74) is 3.81. The smallest absolute Gasteiger partial charge is 0.186 e. The van der Waals surface area contributed by atoms with Crippen molar-refractivity contribution in [3.8, 4) is 0 Å². The summed E-state index contributed by atoms with van der Waals surface area (Å²) >= 11 is 1.82. The minimum absolute atomic E-state index is 0.698. The molecule has 3 heterocycles. The van der Waals surface area contributed by atoms with Crippen molar-refractivity contribution < 1.29 is 0 Å². The molecule has 1 aromatic carbocycles. The summed E-state index contributed by atoms with van der Waals surface area (Å²) in [6.45, 7) is 9.76. The summed E-state index contributed by atoms with van der Waals surface area (Å²) in [6.07, 6.45) is 5.01. The number of aromatic nitrogens is 3. The zero-order valence-corrected chi connectivity index (χ0v) is 14.7. The number of hydrogen-bond acceptors (Lipinski definition) is 4. The van der Waals surface area contributed by atoms with Crippen molar-refractivity contribution in [2.24, 2.45) is 5.92 Å². The monoisotopic (exact) mass is 326 g/mol. The van der Waals surface area contributed by atoms with Crippen molar-refractivity contribution in [2.45, 2.75) is 33.7 Å². The first-order chi connectivity index (χ1) is 11.2. The third-order valence-corrected chi connectivity index (χ3v) is 5.96. The van der Waals surface area contributed by atoms with Gasteiger partial charge in [0.1, 0.15) is 5.82 Å². The van der Waals surface area contributed by atoms with Crippen LogP contribution in [0.25, 0.3) is 10.2 Å². The van der Waals surface area contributed by atoms with E-state index < -0.39 is 0 Å². The van der Waals surface area contributed by atoms with Crippen LogP contribution in [0.2, 0.25) is 0 Å². The predicted molar refractivity (Wildman–Crippen MR) is 96.4 cm³/mol. The standard InChI is InChI=1S/C18H22N4S/c1-4-16-19-7-8-21(16)9-14-10-22(11-14)18-20-17-13(3)12(2)5-6-15(17)23-18/h5-8,14H,4,9-11H2,1-3H3. The topological polar surface area (TPSA) is 34.0 Å². The van der Waals surface area contributed by atoms with Crippen LogP contribution in [0.3, 0.4) is 0 Å². The summed E-state index contributed by atoms with van der Waals surface area (Å²) in [6, 6.07) is 4.40. The van der Waals surface area contributed by atoms with Crippen LogP contribution in [0.4, 0.5) is 5.13 Å². The SMILES string of the molecule is CCc1nccn1CC1CN(c2nc3c(C)c(C)ccc3s2)C1. The Labute approximate surface area is 140 Å². The molecular formula is C18H22N4S. The third-order valence-electron chi connectivity index (χ3n) is 4.87. The normalized spacial score (nSPS) is 15.3. The summed E-state index contributed by atoms with van der Waals surface area (Å²) in [5, 5.41) is 1.17. The quantitative estimate of drug-likeness (QED) is 0.731. The Morgan fingerprint density at radius 3 is 2.87 bits per heavy atom. The van der Waals surface area contributed by atoms with Crippen molar-refractivity contribution in [2.75, 3.05) is 18.0 Å². The van der Waals surface area contributed by atoms with Crippen LogP contribution in [-0.2, 0) is 13.0 Å². The zero-order chi connectivity index (χ0) is 16.0. The molecule has 0 atom stereocenters. The van der Waals surface area contributed by atoms with Crippen LogP contribution in [0.15, 0.2) is 24.5 Å². The molecule has 1 saturated heterocycles. The number of rotatable bonds is 4. The largest absolute Gasteiger partial charge is 0.347 e. The van der Waals surface area contributed by atoms with E-state index in [4.69, 9.17) is 4.98 Å². The second-order valence-corrected chi connectivity index (χ2v) is 7.48. The molecule has 1 aliphatic heterocycles. The number of aryl methyl sites for hydroxylation is 3. The molecule has 1 aliphatic rings. The van der Waals surface area contributed by atoms with Crippen LogP contribution in [0, 0.1) is 19.8 Å². The molecule has 4 rings (SSSR count). The molecule has 0 N–H and O–H groups in total. The maximum atomic E-state index is 4.89. The van der Waals surface area contributed by atoms with Crippen LogP contribution in [0.1, 0.15) is 23.9 Å². The number of anilines is 1. The lowest BCUT2D eigenvalue weighted by atomic mass is 10.0. The van der Waals surface area contributed by atoms with Gasteiger partial charge in [-0.2, -0.15) is 0 Å². The van der Waals surface area contributed by atoms with Gasteiger partial charge < -0.3 is 9.47 Å². The minimum Gasteiger partial charge on any atom is -0.347 e. The fraction of sp³-hybridized carbons (Fsp3) is 0.444. The Hall–Kier alpha value is -1.88. The molecular weight excluding hydrogens is 304 g/mol. The van der Waals surface area contributed by atoms with Crippen LogP contribution >= 0.6 is 11.3 Å². The molecule has 120 valence electrons.